The number of anilines is 1. The molecule has 0 aromatic heterocycles. The number of likely N-dealkylation sites (N-methyl/N-ethyl adjacent to an activating group) is 1. The molecule has 164 valence electrons. The molecule has 3 aliphatic carbocycles. The Morgan fingerprint density at radius 3 is 2.42 bits per heavy atom. The number of carbonyl (C=O) groups is 3. The Hall–Kier alpha value is -3.37. The Labute approximate surface area is 177 Å². The van der Waals surface area contributed by atoms with Crippen molar-refractivity contribution < 1.29 is 34.8 Å². The van der Waals surface area contributed by atoms with Crippen LogP contribution in [-0.2, 0) is 20.8 Å². The lowest BCUT2D eigenvalue weighted by Gasteiger charge is -2.50. The van der Waals surface area contributed by atoms with E-state index in [0.717, 1.165) is 0 Å². The van der Waals surface area contributed by atoms with Crippen LogP contribution < -0.4 is 11.5 Å². The van der Waals surface area contributed by atoms with Crippen LogP contribution in [0.2, 0.25) is 0 Å². The zero-order valence-corrected chi connectivity index (χ0v) is 16.9. The number of ketones is 2. The molecule has 0 saturated heterocycles. The van der Waals surface area contributed by atoms with Gasteiger partial charge in [-0.15, -0.1) is 0 Å². The van der Waals surface area contributed by atoms with Crippen molar-refractivity contribution in [3.05, 3.63) is 40.2 Å². The van der Waals surface area contributed by atoms with Crippen molar-refractivity contribution in [2.24, 2.45) is 17.6 Å². The number of phenolic OH excluding ortho intramolecular Hbond substituents is 1. The fourth-order valence-corrected chi connectivity index (χ4v) is 5.27. The Bertz CT molecular complexity index is 1120. The number of rotatable bonds is 2. The van der Waals surface area contributed by atoms with Gasteiger partial charge in [-0.2, -0.15) is 0 Å². The number of nitrogens with two attached hydrogens (primary N) is 2. The molecule has 3 aliphatic rings. The van der Waals surface area contributed by atoms with Gasteiger partial charge >= 0.3 is 0 Å². The lowest BCUT2D eigenvalue weighted by molar-refractivity contribution is -0.153. The highest BCUT2D eigenvalue weighted by Crippen LogP contribution is 2.53. The van der Waals surface area contributed by atoms with E-state index >= 15 is 0 Å². The minimum Gasteiger partial charge on any atom is -0.508 e. The molecule has 4 atom stereocenters. The SMILES string of the molecule is CN(C)C1C(=O)C(C(N)=O)=C(O)[C@@]2(O)C(=O)C3=C(O)c4c(O)ccc(N)c4CC3CC12. The van der Waals surface area contributed by atoms with Crippen LogP contribution in [-0.4, -0.2) is 68.5 Å². The molecular formula is C21H23N3O7. The van der Waals surface area contributed by atoms with Crippen LogP contribution in [0.3, 0.4) is 0 Å². The number of hydrogen-bond donors (Lipinski definition) is 6. The van der Waals surface area contributed by atoms with E-state index in [9.17, 15) is 34.8 Å². The van der Waals surface area contributed by atoms with Crippen LogP contribution in [0.1, 0.15) is 17.5 Å². The highest BCUT2D eigenvalue weighted by Gasteiger charge is 2.64. The number of hydrogen-bond acceptors (Lipinski definition) is 9. The molecule has 31 heavy (non-hydrogen) atoms. The first-order valence-corrected chi connectivity index (χ1v) is 9.68. The number of carbonyl (C=O) groups excluding carboxylic acids is 3. The number of amides is 1. The van der Waals surface area contributed by atoms with Gasteiger partial charge in [-0.3, -0.25) is 19.3 Å². The second kappa shape index (κ2) is 6.56. The number of phenols is 1. The molecule has 10 heteroatoms. The monoisotopic (exact) mass is 429 g/mol. The maximum Gasteiger partial charge on any atom is 0.255 e. The molecule has 0 bridgehead atoms. The van der Waals surface area contributed by atoms with E-state index in [1.807, 2.05) is 0 Å². The van der Waals surface area contributed by atoms with E-state index in [1.165, 1.54) is 17.0 Å². The summed E-state index contributed by atoms with van der Waals surface area (Å²) in [4.78, 5) is 39.8. The lowest BCUT2D eigenvalue weighted by atomic mass is 9.57. The van der Waals surface area contributed by atoms with Gasteiger partial charge in [0.25, 0.3) is 5.91 Å². The maximum absolute atomic E-state index is 13.5. The Morgan fingerprint density at radius 1 is 1.19 bits per heavy atom. The molecule has 10 nitrogen and oxygen atoms in total. The Morgan fingerprint density at radius 2 is 1.84 bits per heavy atom. The Balaban J connectivity index is 1.99. The van der Waals surface area contributed by atoms with Crippen LogP contribution >= 0.6 is 0 Å². The first-order valence-electron chi connectivity index (χ1n) is 9.68. The molecule has 1 aromatic carbocycles. The van der Waals surface area contributed by atoms with E-state index in [2.05, 4.69) is 0 Å². The molecule has 1 saturated carbocycles. The number of aliphatic hydroxyl groups is 3. The van der Waals surface area contributed by atoms with E-state index in [1.54, 1.807) is 14.1 Å². The van der Waals surface area contributed by atoms with Gasteiger partial charge in [-0.1, -0.05) is 0 Å². The van der Waals surface area contributed by atoms with Crippen molar-refractivity contribution in [3.63, 3.8) is 0 Å². The topological polar surface area (TPSA) is 187 Å². The standard InChI is InChI=1S/C21H23N3O7/c1-24(2)15-9-6-7-5-8-10(22)3-4-11(25)13(8)16(26)12(7)18(28)21(9,31)19(29)14(17(15)27)20(23)30/h3-4,7,9,15,25-26,29,31H,5-6,22H2,1-2H3,(H2,23,30)/t7?,9?,15?,21-/m0/s1. The molecule has 8 N–H and O–H groups in total. The minimum atomic E-state index is -2.64. The summed E-state index contributed by atoms with van der Waals surface area (Å²) >= 11 is 0. The van der Waals surface area contributed by atoms with Crippen molar-refractivity contribution in [2.45, 2.75) is 24.5 Å². The quantitative estimate of drug-likeness (QED) is 0.205. The van der Waals surface area contributed by atoms with Gasteiger partial charge in [-0.25, -0.2) is 0 Å². The molecular weight excluding hydrogens is 406 g/mol. The zero-order chi connectivity index (χ0) is 23.0. The summed E-state index contributed by atoms with van der Waals surface area (Å²) in [5, 5.41) is 43.3. The number of benzene rings is 1. The van der Waals surface area contributed by atoms with Crippen molar-refractivity contribution in [1.29, 1.82) is 0 Å². The molecule has 4 rings (SSSR count). The highest BCUT2D eigenvalue weighted by molar-refractivity contribution is 6.24. The number of primary amides is 1. The lowest BCUT2D eigenvalue weighted by Crippen LogP contribution is -2.65. The maximum atomic E-state index is 13.5. The number of fused-ring (bicyclic) bond motifs is 3. The number of nitrogen functional groups attached to an aromatic ring is 1. The number of aliphatic hydroxyl groups excluding tert-OH is 2. The predicted molar refractivity (Wildman–Crippen MR) is 109 cm³/mol. The molecule has 0 spiro atoms. The summed E-state index contributed by atoms with van der Waals surface area (Å²) in [5.41, 5.74) is 8.35. The van der Waals surface area contributed by atoms with Crippen molar-refractivity contribution in [1.82, 2.24) is 4.90 Å². The first kappa shape index (κ1) is 20.9. The van der Waals surface area contributed by atoms with Crippen LogP contribution in [0, 0.1) is 11.8 Å². The number of nitrogens with zero attached hydrogens (tertiary/aromatic N) is 1. The van der Waals surface area contributed by atoms with E-state index in [-0.39, 0.29) is 29.7 Å². The third kappa shape index (κ3) is 2.55. The average molecular weight is 429 g/mol. The van der Waals surface area contributed by atoms with Gasteiger partial charge in [0, 0.05) is 17.2 Å². The smallest absolute Gasteiger partial charge is 0.255 e. The van der Waals surface area contributed by atoms with Crippen LogP contribution in [0.4, 0.5) is 5.69 Å². The predicted octanol–water partition coefficient (Wildman–Crippen LogP) is -0.454. The van der Waals surface area contributed by atoms with Crippen molar-refractivity contribution >= 4 is 28.9 Å². The normalized spacial score (nSPS) is 30.3. The summed E-state index contributed by atoms with van der Waals surface area (Å²) in [5.74, 6) is -6.80. The summed E-state index contributed by atoms with van der Waals surface area (Å²) in [6, 6.07) is 1.65. The zero-order valence-electron chi connectivity index (χ0n) is 16.9. The number of Topliss-reactive ketones (excluding diaryl/α,β-unsaturated/α-hetero) is 2. The fourth-order valence-electron chi connectivity index (χ4n) is 5.27. The van der Waals surface area contributed by atoms with Crippen molar-refractivity contribution in [3.8, 4) is 5.75 Å². The molecule has 1 amide bonds. The molecule has 0 heterocycles. The fraction of sp³-hybridized carbons (Fsp3) is 0.381. The van der Waals surface area contributed by atoms with Crippen LogP contribution in [0.15, 0.2) is 29.0 Å². The Kier molecular flexibility index (Phi) is 4.42. The minimum absolute atomic E-state index is 0.0173. The number of aromatic hydroxyl groups is 1. The highest BCUT2D eigenvalue weighted by atomic mass is 16.3. The van der Waals surface area contributed by atoms with Crippen molar-refractivity contribution in [2.75, 3.05) is 19.8 Å². The summed E-state index contributed by atoms with van der Waals surface area (Å²) in [7, 11) is 3.09. The summed E-state index contributed by atoms with van der Waals surface area (Å²) in [6.45, 7) is 0. The third-order valence-corrected chi connectivity index (χ3v) is 6.64. The van der Waals surface area contributed by atoms with E-state index < -0.39 is 58.0 Å². The van der Waals surface area contributed by atoms with Gasteiger partial charge in [0.15, 0.2) is 11.4 Å². The molecule has 1 aromatic rings. The van der Waals surface area contributed by atoms with Crippen LogP contribution in [0.25, 0.3) is 5.76 Å². The largest absolute Gasteiger partial charge is 0.508 e. The molecule has 0 aliphatic heterocycles. The second-order valence-electron chi connectivity index (χ2n) is 8.49. The first-order chi connectivity index (χ1) is 14.4. The van der Waals surface area contributed by atoms with E-state index in [0.29, 0.717) is 11.3 Å². The van der Waals surface area contributed by atoms with Gasteiger partial charge in [0.2, 0.25) is 5.78 Å². The van der Waals surface area contributed by atoms with Gasteiger partial charge in [-0.05, 0) is 50.6 Å². The summed E-state index contributed by atoms with van der Waals surface area (Å²) < 4.78 is 0. The molecule has 1 fully saturated rings. The average Bonchev–Trinajstić information content (AvgIpc) is 2.67. The van der Waals surface area contributed by atoms with E-state index in [4.69, 9.17) is 11.5 Å². The van der Waals surface area contributed by atoms with Gasteiger partial charge < -0.3 is 31.9 Å². The summed E-state index contributed by atoms with van der Waals surface area (Å²) in [6.07, 6.45) is 0.204. The van der Waals surface area contributed by atoms with Gasteiger partial charge in [0.1, 0.15) is 22.8 Å². The molecule has 3 unspecified atom stereocenters. The second-order valence-corrected chi connectivity index (χ2v) is 8.49. The van der Waals surface area contributed by atoms with Gasteiger partial charge in [0.05, 0.1) is 11.6 Å². The third-order valence-electron chi connectivity index (χ3n) is 6.64. The molecule has 0 radical (unpaired) electrons. The van der Waals surface area contributed by atoms with Crippen LogP contribution in [0.5, 0.6) is 5.75 Å².